The molecule has 4 heterocycles. The van der Waals surface area contributed by atoms with Crippen LogP contribution in [0.15, 0.2) is 24.4 Å². The van der Waals surface area contributed by atoms with Crippen molar-refractivity contribution >= 4 is 34.1 Å². The summed E-state index contributed by atoms with van der Waals surface area (Å²) in [6, 6.07) is 6.09. The zero-order valence-corrected chi connectivity index (χ0v) is 20.3. The van der Waals surface area contributed by atoms with Crippen LogP contribution >= 0.6 is 11.6 Å². The molecule has 0 spiro atoms. The Bertz CT molecular complexity index is 1090. The Morgan fingerprint density at radius 3 is 2.76 bits per heavy atom. The zero-order chi connectivity index (χ0) is 23.4. The largest absolute Gasteiger partial charge is 0.389 e. The van der Waals surface area contributed by atoms with Gasteiger partial charge in [0.2, 0.25) is 5.91 Å². The smallest absolute Gasteiger partial charge is 0.231 e. The standard InChI is InChI=1S/C26H32ClN3O4/c1-26(14-33-13-21(26)31)30-6-4-15(5-7-30)19-9-16-11-22(28-12-17(16)10-20(19)27)29-25(32)23-18-3-2-8-34-24(18)23/h9-12,15,18,21,23-24,31H,2-8,13-14H2,1H3,(H,28,29,32)/t18-,21-,23-,24-,26+/m1/s1. The van der Waals surface area contributed by atoms with E-state index in [1.54, 1.807) is 6.20 Å². The predicted octanol–water partition coefficient (Wildman–Crippen LogP) is 3.58. The number of hydrogen-bond donors (Lipinski definition) is 2. The van der Waals surface area contributed by atoms with E-state index in [0.717, 1.165) is 66.7 Å². The lowest BCUT2D eigenvalue weighted by atomic mass is 9.85. The Hall–Kier alpha value is -1.77. The summed E-state index contributed by atoms with van der Waals surface area (Å²) < 4.78 is 11.3. The number of ether oxygens (including phenoxy) is 2. The summed E-state index contributed by atoms with van der Waals surface area (Å²) in [6.45, 7) is 5.65. The first-order chi connectivity index (χ1) is 16.4. The van der Waals surface area contributed by atoms with Crippen LogP contribution in [0.4, 0.5) is 5.82 Å². The molecule has 4 fully saturated rings. The maximum atomic E-state index is 12.8. The third kappa shape index (κ3) is 3.91. The van der Waals surface area contributed by atoms with E-state index in [0.29, 0.717) is 30.9 Å². The second-order valence-electron chi connectivity index (χ2n) is 10.6. The number of benzene rings is 1. The van der Waals surface area contributed by atoms with E-state index in [1.165, 1.54) is 0 Å². The molecule has 0 radical (unpaired) electrons. The average Bonchev–Trinajstić information content (AvgIpc) is 3.48. The molecule has 182 valence electrons. The molecule has 1 aromatic carbocycles. The molecule has 3 saturated heterocycles. The van der Waals surface area contributed by atoms with Gasteiger partial charge in [-0.05, 0) is 80.8 Å². The third-order valence-corrected chi connectivity index (χ3v) is 8.85. The number of aliphatic hydroxyl groups is 1. The first-order valence-electron chi connectivity index (χ1n) is 12.5. The van der Waals surface area contributed by atoms with Gasteiger partial charge in [0, 0.05) is 29.1 Å². The predicted molar refractivity (Wildman–Crippen MR) is 130 cm³/mol. The molecule has 34 heavy (non-hydrogen) atoms. The number of piperidine rings is 1. The van der Waals surface area contributed by atoms with Crippen LogP contribution in [0.3, 0.4) is 0 Å². The van der Waals surface area contributed by atoms with E-state index in [-0.39, 0.29) is 23.5 Å². The number of halogens is 1. The van der Waals surface area contributed by atoms with E-state index in [4.69, 9.17) is 21.1 Å². The van der Waals surface area contributed by atoms with Gasteiger partial charge in [-0.15, -0.1) is 0 Å². The van der Waals surface area contributed by atoms with Crippen LogP contribution in [0, 0.1) is 11.8 Å². The number of fused-ring (bicyclic) bond motifs is 2. The first kappa shape index (κ1) is 22.7. The van der Waals surface area contributed by atoms with Crippen molar-refractivity contribution in [2.45, 2.75) is 56.3 Å². The van der Waals surface area contributed by atoms with Crippen LogP contribution in [0.25, 0.3) is 10.8 Å². The number of rotatable bonds is 4. The van der Waals surface area contributed by atoms with Crippen LogP contribution in [-0.4, -0.2) is 71.6 Å². The normalized spacial score (nSPS) is 34.2. The fourth-order valence-corrected chi connectivity index (χ4v) is 6.55. The third-order valence-electron chi connectivity index (χ3n) is 8.52. The minimum Gasteiger partial charge on any atom is -0.389 e. The minimum absolute atomic E-state index is 0.0110. The number of anilines is 1. The van der Waals surface area contributed by atoms with E-state index >= 15 is 0 Å². The molecule has 0 bridgehead atoms. The van der Waals surface area contributed by atoms with E-state index < -0.39 is 6.10 Å². The lowest BCUT2D eigenvalue weighted by Crippen LogP contribution is -2.56. The van der Waals surface area contributed by atoms with E-state index in [9.17, 15) is 9.90 Å². The fourth-order valence-electron chi connectivity index (χ4n) is 6.23. The summed E-state index contributed by atoms with van der Waals surface area (Å²) in [7, 11) is 0. The van der Waals surface area contributed by atoms with Crippen LogP contribution in [0.1, 0.15) is 44.1 Å². The van der Waals surface area contributed by atoms with Crippen molar-refractivity contribution < 1.29 is 19.4 Å². The molecule has 5 atom stereocenters. The number of pyridine rings is 1. The van der Waals surface area contributed by atoms with Crippen molar-refractivity contribution in [2.24, 2.45) is 11.8 Å². The second-order valence-corrected chi connectivity index (χ2v) is 11.0. The Labute approximate surface area is 204 Å². The van der Waals surface area contributed by atoms with Gasteiger partial charge in [-0.1, -0.05) is 11.6 Å². The highest BCUT2D eigenvalue weighted by Crippen LogP contribution is 2.48. The Balaban J connectivity index is 1.16. The van der Waals surface area contributed by atoms with Crippen molar-refractivity contribution in [2.75, 3.05) is 38.2 Å². The molecule has 7 nitrogen and oxygen atoms in total. The molecular formula is C26H32ClN3O4. The molecule has 6 rings (SSSR count). The highest BCUT2D eigenvalue weighted by atomic mass is 35.5. The van der Waals surface area contributed by atoms with Crippen molar-refractivity contribution in [3.63, 3.8) is 0 Å². The zero-order valence-electron chi connectivity index (χ0n) is 19.5. The van der Waals surface area contributed by atoms with Gasteiger partial charge < -0.3 is 19.9 Å². The number of aliphatic hydroxyl groups excluding tert-OH is 1. The fraction of sp³-hybridized carbons (Fsp3) is 0.615. The SMILES string of the molecule is C[C@]1(N2CCC(c3cc4cc(NC(=O)[C@@H]5[C@H]6CCCO[C@H]65)ncc4cc3Cl)CC2)COC[C@H]1O. The molecule has 1 aromatic heterocycles. The van der Waals surface area contributed by atoms with Crippen molar-refractivity contribution in [1.82, 2.24) is 9.88 Å². The molecule has 1 aliphatic carbocycles. The maximum Gasteiger partial charge on any atom is 0.231 e. The summed E-state index contributed by atoms with van der Waals surface area (Å²) in [6.07, 6.45) is 5.49. The molecule has 4 aliphatic rings. The molecular weight excluding hydrogens is 454 g/mol. The number of nitrogens with zero attached hydrogens (tertiary/aromatic N) is 2. The minimum atomic E-state index is -0.444. The van der Waals surface area contributed by atoms with Crippen LogP contribution in [0.2, 0.25) is 5.02 Å². The summed E-state index contributed by atoms with van der Waals surface area (Å²) in [5.41, 5.74) is 0.841. The topological polar surface area (TPSA) is 83.9 Å². The Kier molecular flexibility index (Phi) is 5.81. The van der Waals surface area contributed by atoms with Crippen LogP contribution in [-0.2, 0) is 14.3 Å². The van der Waals surface area contributed by atoms with Crippen molar-refractivity contribution in [3.8, 4) is 0 Å². The molecule has 3 aliphatic heterocycles. The van der Waals surface area contributed by atoms with Gasteiger partial charge in [0.05, 0.1) is 36.9 Å². The molecule has 2 N–H and O–H groups in total. The van der Waals surface area contributed by atoms with Gasteiger partial charge in [-0.3, -0.25) is 9.69 Å². The Morgan fingerprint density at radius 1 is 1.24 bits per heavy atom. The average molecular weight is 486 g/mol. The van der Waals surface area contributed by atoms with Gasteiger partial charge in [-0.2, -0.15) is 0 Å². The summed E-state index contributed by atoms with van der Waals surface area (Å²) in [4.78, 5) is 19.6. The van der Waals surface area contributed by atoms with E-state index in [1.807, 2.05) is 12.1 Å². The number of nitrogens with one attached hydrogen (secondary N) is 1. The number of carbonyl (C=O) groups excluding carboxylic acids is 1. The summed E-state index contributed by atoms with van der Waals surface area (Å²) >= 11 is 6.71. The number of amides is 1. The molecule has 1 saturated carbocycles. The van der Waals surface area contributed by atoms with Crippen LogP contribution < -0.4 is 5.32 Å². The van der Waals surface area contributed by atoms with Gasteiger partial charge in [0.25, 0.3) is 0 Å². The highest BCUT2D eigenvalue weighted by Gasteiger charge is 2.56. The number of aromatic nitrogens is 1. The molecule has 2 aromatic rings. The second kappa shape index (κ2) is 8.71. The van der Waals surface area contributed by atoms with E-state index in [2.05, 4.69) is 28.2 Å². The van der Waals surface area contributed by atoms with Crippen molar-refractivity contribution in [3.05, 3.63) is 35.0 Å². The summed E-state index contributed by atoms with van der Waals surface area (Å²) in [5, 5.41) is 16.2. The van der Waals surface area contributed by atoms with Gasteiger partial charge in [0.1, 0.15) is 5.82 Å². The van der Waals surface area contributed by atoms with Gasteiger partial charge >= 0.3 is 0 Å². The molecule has 8 heteroatoms. The monoisotopic (exact) mass is 485 g/mol. The maximum absolute atomic E-state index is 12.8. The molecule has 0 unspecified atom stereocenters. The number of carbonyl (C=O) groups is 1. The van der Waals surface area contributed by atoms with Crippen molar-refractivity contribution in [1.29, 1.82) is 0 Å². The number of hydrogen-bond acceptors (Lipinski definition) is 6. The highest BCUT2D eigenvalue weighted by molar-refractivity contribution is 6.32. The first-order valence-corrected chi connectivity index (χ1v) is 12.8. The van der Waals surface area contributed by atoms with Crippen LogP contribution in [0.5, 0.6) is 0 Å². The van der Waals surface area contributed by atoms with Gasteiger partial charge in [0.15, 0.2) is 0 Å². The molecule has 1 amide bonds. The lowest BCUT2D eigenvalue weighted by Gasteiger charge is -2.43. The summed E-state index contributed by atoms with van der Waals surface area (Å²) in [5.74, 6) is 1.26. The lowest BCUT2D eigenvalue weighted by molar-refractivity contribution is -0.118. The quantitative estimate of drug-likeness (QED) is 0.688. The Morgan fingerprint density at radius 2 is 2.06 bits per heavy atom. The number of likely N-dealkylation sites (tertiary alicyclic amines) is 1. The van der Waals surface area contributed by atoms with Gasteiger partial charge in [-0.25, -0.2) is 4.98 Å².